The van der Waals surface area contributed by atoms with Crippen LogP contribution in [0.25, 0.3) is 0 Å². The Morgan fingerprint density at radius 1 is 1.64 bits per heavy atom. The topological polar surface area (TPSA) is 42.2 Å². The third kappa shape index (κ3) is 6.88. The van der Waals surface area contributed by atoms with E-state index in [2.05, 4.69) is 6.58 Å². The van der Waals surface area contributed by atoms with Gasteiger partial charge in [0.25, 0.3) is 0 Å². The van der Waals surface area contributed by atoms with Crippen LogP contribution in [0.5, 0.6) is 0 Å². The third-order valence-electron chi connectivity index (χ3n) is 1.07. The summed E-state index contributed by atoms with van der Waals surface area (Å²) in [5.74, 6) is 0. The minimum atomic E-state index is -0.321. The first-order valence-corrected chi connectivity index (χ1v) is 3.55. The molecule has 0 aliphatic rings. The molecule has 11 heavy (non-hydrogen) atoms. The second kappa shape index (κ2) is 7.10. The van der Waals surface area contributed by atoms with Gasteiger partial charge in [-0.05, 0) is 6.92 Å². The van der Waals surface area contributed by atoms with Gasteiger partial charge in [-0.25, -0.2) is 0 Å². The molecular weight excluding hydrogens is 142 g/mol. The maximum atomic E-state index is 8.32. The number of nitriles is 1. The molecule has 0 aliphatic carbocycles. The minimum absolute atomic E-state index is 0.321. The van der Waals surface area contributed by atoms with Gasteiger partial charge in [-0.15, -0.1) is 0 Å². The van der Waals surface area contributed by atoms with Crippen LogP contribution in [0, 0.1) is 11.3 Å². The van der Waals surface area contributed by atoms with Gasteiger partial charge < -0.3 is 9.47 Å². The average molecular weight is 155 g/mol. The molecule has 0 rings (SSSR count). The van der Waals surface area contributed by atoms with E-state index in [1.807, 2.05) is 6.07 Å². The lowest BCUT2D eigenvalue weighted by molar-refractivity contribution is 0.0855. The fourth-order valence-electron chi connectivity index (χ4n) is 0.523. The minimum Gasteiger partial charge on any atom is -0.502 e. The summed E-state index contributed by atoms with van der Waals surface area (Å²) in [6.45, 7) is 6.27. The lowest BCUT2D eigenvalue weighted by atomic mass is 10.4. The number of hydrogen-bond acceptors (Lipinski definition) is 3. The molecule has 0 heterocycles. The number of rotatable bonds is 6. The Kier molecular flexibility index (Phi) is 6.45. The van der Waals surface area contributed by atoms with Gasteiger partial charge in [0.1, 0.15) is 6.10 Å². The molecule has 0 bridgehead atoms. The first kappa shape index (κ1) is 9.99. The number of ether oxygens (including phenoxy) is 2. The Labute approximate surface area is 67.2 Å². The molecule has 0 spiro atoms. The lowest BCUT2D eigenvalue weighted by Crippen LogP contribution is -2.07. The van der Waals surface area contributed by atoms with Crippen LogP contribution in [-0.2, 0) is 9.47 Å². The highest BCUT2D eigenvalue weighted by Gasteiger charge is 1.96. The SMILES string of the molecule is C=COCCCOC(C)C#N. The zero-order chi connectivity index (χ0) is 8.53. The zero-order valence-corrected chi connectivity index (χ0v) is 6.75. The third-order valence-corrected chi connectivity index (χ3v) is 1.07. The normalized spacial score (nSPS) is 11.6. The van der Waals surface area contributed by atoms with Crippen molar-refractivity contribution < 1.29 is 9.47 Å². The van der Waals surface area contributed by atoms with E-state index in [0.29, 0.717) is 13.2 Å². The van der Waals surface area contributed by atoms with Crippen molar-refractivity contribution in [3.63, 3.8) is 0 Å². The zero-order valence-electron chi connectivity index (χ0n) is 6.75. The van der Waals surface area contributed by atoms with E-state index in [4.69, 9.17) is 14.7 Å². The summed E-state index contributed by atoms with van der Waals surface area (Å²) in [4.78, 5) is 0. The van der Waals surface area contributed by atoms with E-state index in [0.717, 1.165) is 6.42 Å². The van der Waals surface area contributed by atoms with Gasteiger partial charge in [0.15, 0.2) is 0 Å². The van der Waals surface area contributed by atoms with Crippen LogP contribution in [0.1, 0.15) is 13.3 Å². The van der Waals surface area contributed by atoms with Crippen molar-refractivity contribution in [3.05, 3.63) is 12.8 Å². The van der Waals surface area contributed by atoms with Crippen LogP contribution in [0.3, 0.4) is 0 Å². The Balaban J connectivity index is 3.03. The van der Waals surface area contributed by atoms with Crippen molar-refractivity contribution in [2.45, 2.75) is 19.4 Å². The molecule has 3 heteroatoms. The van der Waals surface area contributed by atoms with Gasteiger partial charge in [-0.1, -0.05) is 6.58 Å². The molecule has 1 atom stereocenters. The van der Waals surface area contributed by atoms with Crippen molar-refractivity contribution >= 4 is 0 Å². The molecule has 3 nitrogen and oxygen atoms in total. The van der Waals surface area contributed by atoms with Crippen LogP contribution >= 0.6 is 0 Å². The van der Waals surface area contributed by atoms with Crippen LogP contribution < -0.4 is 0 Å². The molecule has 0 radical (unpaired) electrons. The Hall–Kier alpha value is -1.01. The first-order valence-electron chi connectivity index (χ1n) is 3.55. The maximum Gasteiger partial charge on any atom is 0.141 e. The van der Waals surface area contributed by atoms with Gasteiger partial charge in [0.2, 0.25) is 0 Å². The summed E-state index contributed by atoms with van der Waals surface area (Å²) >= 11 is 0. The molecule has 0 aromatic carbocycles. The van der Waals surface area contributed by atoms with E-state index in [-0.39, 0.29) is 6.10 Å². The van der Waals surface area contributed by atoms with E-state index in [1.165, 1.54) is 6.26 Å². The van der Waals surface area contributed by atoms with Crippen LogP contribution in [-0.4, -0.2) is 19.3 Å². The molecule has 0 aromatic heterocycles. The van der Waals surface area contributed by atoms with Crippen molar-refractivity contribution in [3.8, 4) is 6.07 Å². The van der Waals surface area contributed by atoms with Crippen molar-refractivity contribution in [1.82, 2.24) is 0 Å². The molecule has 0 saturated heterocycles. The van der Waals surface area contributed by atoms with E-state index >= 15 is 0 Å². The summed E-state index contributed by atoms with van der Waals surface area (Å²) in [6.07, 6.45) is 1.87. The van der Waals surface area contributed by atoms with Crippen molar-refractivity contribution in [2.24, 2.45) is 0 Å². The fourth-order valence-corrected chi connectivity index (χ4v) is 0.523. The molecule has 0 aliphatic heterocycles. The van der Waals surface area contributed by atoms with Crippen LogP contribution in [0.15, 0.2) is 12.8 Å². The Morgan fingerprint density at radius 3 is 2.91 bits per heavy atom. The lowest BCUT2D eigenvalue weighted by Gasteiger charge is -2.04. The van der Waals surface area contributed by atoms with Gasteiger partial charge in [0.05, 0.1) is 25.5 Å². The number of hydrogen-bond donors (Lipinski definition) is 0. The summed E-state index contributed by atoms with van der Waals surface area (Å²) in [5, 5.41) is 8.32. The summed E-state index contributed by atoms with van der Waals surface area (Å²) < 4.78 is 9.91. The van der Waals surface area contributed by atoms with Gasteiger partial charge in [-0.3, -0.25) is 0 Å². The standard InChI is InChI=1S/C8H13NO2/c1-3-10-5-4-6-11-8(2)7-9/h3,8H,1,4-6H2,2H3. The maximum absolute atomic E-state index is 8.32. The summed E-state index contributed by atoms with van der Waals surface area (Å²) in [5.41, 5.74) is 0. The molecule has 0 aromatic rings. The van der Waals surface area contributed by atoms with E-state index < -0.39 is 0 Å². The predicted molar refractivity (Wildman–Crippen MR) is 41.8 cm³/mol. The van der Waals surface area contributed by atoms with Crippen molar-refractivity contribution in [2.75, 3.05) is 13.2 Å². The number of nitrogens with zero attached hydrogens (tertiary/aromatic N) is 1. The van der Waals surface area contributed by atoms with Crippen LogP contribution in [0.2, 0.25) is 0 Å². The smallest absolute Gasteiger partial charge is 0.141 e. The second-order valence-electron chi connectivity index (χ2n) is 2.03. The molecule has 62 valence electrons. The largest absolute Gasteiger partial charge is 0.502 e. The van der Waals surface area contributed by atoms with Gasteiger partial charge >= 0.3 is 0 Å². The van der Waals surface area contributed by atoms with Gasteiger partial charge in [-0.2, -0.15) is 5.26 Å². The van der Waals surface area contributed by atoms with E-state index in [1.54, 1.807) is 6.92 Å². The van der Waals surface area contributed by atoms with Gasteiger partial charge in [0, 0.05) is 6.42 Å². The monoisotopic (exact) mass is 155 g/mol. The van der Waals surface area contributed by atoms with Crippen molar-refractivity contribution in [1.29, 1.82) is 5.26 Å². The summed E-state index contributed by atoms with van der Waals surface area (Å²) in [6, 6.07) is 1.97. The molecule has 0 fully saturated rings. The Bertz CT molecular complexity index is 140. The predicted octanol–water partition coefficient (Wildman–Crippen LogP) is 1.47. The molecule has 0 saturated carbocycles. The summed E-state index contributed by atoms with van der Waals surface area (Å²) in [7, 11) is 0. The highest BCUT2D eigenvalue weighted by Crippen LogP contribution is 1.90. The quantitative estimate of drug-likeness (QED) is 0.431. The molecule has 1 unspecified atom stereocenters. The van der Waals surface area contributed by atoms with E-state index in [9.17, 15) is 0 Å². The van der Waals surface area contributed by atoms with Crippen LogP contribution in [0.4, 0.5) is 0 Å². The first-order chi connectivity index (χ1) is 5.31. The second-order valence-corrected chi connectivity index (χ2v) is 2.03. The fraction of sp³-hybridized carbons (Fsp3) is 0.625. The highest BCUT2D eigenvalue weighted by atomic mass is 16.5. The molecular formula is C8H13NO2. The molecule has 0 amide bonds. The average Bonchev–Trinajstić information content (AvgIpc) is 2.04. The Morgan fingerprint density at radius 2 is 2.36 bits per heavy atom. The highest BCUT2D eigenvalue weighted by molar-refractivity contribution is 4.78. The molecule has 0 N–H and O–H groups in total.